The van der Waals surface area contributed by atoms with Crippen molar-refractivity contribution in [3.8, 4) is 0 Å². The van der Waals surface area contributed by atoms with E-state index >= 15 is 0 Å². The maximum Gasteiger partial charge on any atom is 0.255 e. The first-order valence-electron chi connectivity index (χ1n) is 8.82. The van der Waals surface area contributed by atoms with Crippen LogP contribution in [0.3, 0.4) is 0 Å². The van der Waals surface area contributed by atoms with Gasteiger partial charge in [0.25, 0.3) is 5.91 Å². The molecular weight excluding hydrogens is 362 g/mol. The zero-order valence-electron chi connectivity index (χ0n) is 16.2. The molecule has 0 aliphatic carbocycles. The summed E-state index contributed by atoms with van der Waals surface area (Å²) in [6, 6.07) is 11.7. The van der Waals surface area contributed by atoms with Gasteiger partial charge in [0, 0.05) is 17.8 Å². The normalized spacial score (nSPS) is 11.6. The number of rotatable bonds is 8. The minimum absolute atomic E-state index is 0.149. The number of anilines is 1. The SMILES string of the molecule is Cc1ccc(NC(=O)c2ccc(S(=O)(=O)NCCCN(C)C)cc2)c(C)c1. The summed E-state index contributed by atoms with van der Waals surface area (Å²) >= 11 is 0. The average molecular weight is 390 g/mol. The molecule has 2 aromatic carbocycles. The Morgan fingerprint density at radius 1 is 1.04 bits per heavy atom. The second kappa shape index (κ2) is 9.12. The molecule has 0 bridgehead atoms. The number of carbonyl (C=O) groups excluding carboxylic acids is 1. The highest BCUT2D eigenvalue weighted by molar-refractivity contribution is 7.89. The van der Waals surface area contributed by atoms with E-state index in [1.165, 1.54) is 24.3 Å². The number of aryl methyl sites for hydroxylation is 2. The Kier molecular flexibility index (Phi) is 7.12. The quantitative estimate of drug-likeness (QED) is 0.681. The summed E-state index contributed by atoms with van der Waals surface area (Å²) in [4.78, 5) is 14.6. The lowest BCUT2D eigenvalue weighted by atomic mass is 10.1. The van der Waals surface area contributed by atoms with Crippen LogP contribution in [0.25, 0.3) is 0 Å². The smallest absolute Gasteiger partial charge is 0.255 e. The van der Waals surface area contributed by atoms with Gasteiger partial charge in [-0.25, -0.2) is 13.1 Å². The van der Waals surface area contributed by atoms with Crippen LogP contribution >= 0.6 is 0 Å². The largest absolute Gasteiger partial charge is 0.322 e. The summed E-state index contributed by atoms with van der Waals surface area (Å²) in [6.45, 7) is 5.10. The van der Waals surface area contributed by atoms with E-state index in [1.807, 2.05) is 51.0 Å². The number of amides is 1. The van der Waals surface area contributed by atoms with Crippen LogP contribution in [0, 0.1) is 13.8 Å². The van der Waals surface area contributed by atoms with E-state index < -0.39 is 10.0 Å². The summed E-state index contributed by atoms with van der Waals surface area (Å²) in [5.41, 5.74) is 3.24. The minimum atomic E-state index is -3.57. The molecule has 0 saturated carbocycles. The summed E-state index contributed by atoms with van der Waals surface area (Å²) in [7, 11) is 0.310. The van der Waals surface area contributed by atoms with Gasteiger partial charge in [-0.3, -0.25) is 4.79 Å². The molecule has 0 aliphatic heterocycles. The Hall–Kier alpha value is -2.22. The van der Waals surface area contributed by atoms with Gasteiger partial charge in [0.1, 0.15) is 0 Å². The lowest BCUT2D eigenvalue weighted by molar-refractivity contribution is 0.102. The van der Waals surface area contributed by atoms with Crippen LogP contribution in [0.1, 0.15) is 27.9 Å². The van der Waals surface area contributed by atoms with Gasteiger partial charge in [0.2, 0.25) is 10.0 Å². The van der Waals surface area contributed by atoms with Gasteiger partial charge in [-0.2, -0.15) is 0 Å². The highest BCUT2D eigenvalue weighted by atomic mass is 32.2. The van der Waals surface area contributed by atoms with E-state index in [-0.39, 0.29) is 10.8 Å². The highest BCUT2D eigenvalue weighted by Crippen LogP contribution is 2.18. The van der Waals surface area contributed by atoms with Crippen molar-refractivity contribution in [3.05, 3.63) is 59.2 Å². The lowest BCUT2D eigenvalue weighted by Gasteiger charge is -2.11. The third-order valence-corrected chi connectivity index (χ3v) is 5.61. The predicted molar refractivity (Wildman–Crippen MR) is 109 cm³/mol. The fraction of sp³-hybridized carbons (Fsp3) is 0.350. The summed E-state index contributed by atoms with van der Waals surface area (Å²) in [6.07, 6.45) is 0.725. The molecular formula is C20H27N3O3S. The van der Waals surface area contributed by atoms with Crippen molar-refractivity contribution in [3.63, 3.8) is 0 Å². The van der Waals surface area contributed by atoms with Gasteiger partial charge in [0.15, 0.2) is 0 Å². The molecule has 2 rings (SSSR count). The fourth-order valence-electron chi connectivity index (χ4n) is 2.62. The van der Waals surface area contributed by atoms with E-state index in [2.05, 4.69) is 10.0 Å². The maximum absolute atomic E-state index is 12.4. The second-order valence-corrected chi connectivity index (χ2v) is 8.62. The van der Waals surface area contributed by atoms with Crippen LogP contribution in [-0.2, 0) is 10.0 Å². The van der Waals surface area contributed by atoms with Crippen LogP contribution in [0.2, 0.25) is 0 Å². The number of nitrogens with one attached hydrogen (secondary N) is 2. The molecule has 0 spiro atoms. The van der Waals surface area contributed by atoms with Crippen LogP contribution < -0.4 is 10.0 Å². The first kappa shape index (κ1) is 21.1. The van der Waals surface area contributed by atoms with E-state index in [9.17, 15) is 13.2 Å². The molecule has 0 aliphatic rings. The number of nitrogens with zero attached hydrogens (tertiary/aromatic N) is 1. The topological polar surface area (TPSA) is 78.5 Å². The van der Waals surface area contributed by atoms with Crippen molar-refractivity contribution in [1.29, 1.82) is 0 Å². The van der Waals surface area contributed by atoms with Crippen molar-refractivity contribution < 1.29 is 13.2 Å². The highest BCUT2D eigenvalue weighted by Gasteiger charge is 2.15. The molecule has 7 heteroatoms. The fourth-order valence-corrected chi connectivity index (χ4v) is 3.69. The molecule has 0 heterocycles. The number of benzene rings is 2. The first-order valence-corrected chi connectivity index (χ1v) is 10.3. The third-order valence-electron chi connectivity index (χ3n) is 4.13. The summed E-state index contributed by atoms with van der Waals surface area (Å²) in [5.74, 6) is -0.273. The van der Waals surface area contributed by atoms with Crippen LogP contribution in [0.4, 0.5) is 5.69 Å². The van der Waals surface area contributed by atoms with Crippen LogP contribution in [-0.4, -0.2) is 46.4 Å². The van der Waals surface area contributed by atoms with Gasteiger partial charge >= 0.3 is 0 Å². The molecule has 0 saturated heterocycles. The zero-order chi connectivity index (χ0) is 20.0. The van der Waals surface area contributed by atoms with Crippen molar-refractivity contribution in [2.24, 2.45) is 0 Å². The number of hydrogen-bond donors (Lipinski definition) is 2. The Labute approximate surface area is 161 Å². The molecule has 146 valence electrons. The second-order valence-electron chi connectivity index (χ2n) is 6.85. The number of hydrogen-bond acceptors (Lipinski definition) is 4. The number of sulfonamides is 1. The number of carbonyl (C=O) groups is 1. The van der Waals surface area contributed by atoms with Crippen LogP contribution in [0.5, 0.6) is 0 Å². The molecule has 6 nitrogen and oxygen atoms in total. The molecule has 2 N–H and O–H groups in total. The van der Waals surface area contributed by atoms with E-state index in [1.54, 1.807) is 0 Å². The van der Waals surface area contributed by atoms with Crippen molar-refractivity contribution in [2.75, 3.05) is 32.5 Å². The van der Waals surface area contributed by atoms with Crippen molar-refractivity contribution in [2.45, 2.75) is 25.2 Å². The molecule has 0 unspecified atom stereocenters. The Morgan fingerprint density at radius 3 is 2.30 bits per heavy atom. The average Bonchev–Trinajstić information content (AvgIpc) is 2.61. The third kappa shape index (κ3) is 6.16. The van der Waals surface area contributed by atoms with E-state index in [0.29, 0.717) is 12.1 Å². The molecule has 0 radical (unpaired) electrons. The van der Waals surface area contributed by atoms with E-state index in [0.717, 1.165) is 29.8 Å². The van der Waals surface area contributed by atoms with Crippen molar-refractivity contribution >= 4 is 21.6 Å². The van der Waals surface area contributed by atoms with E-state index in [4.69, 9.17) is 0 Å². The molecule has 27 heavy (non-hydrogen) atoms. The molecule has 0 aromatic heterocycles. The Balaban J connectivity index is 2.02. The zero-order valence-corrected chi connectivity index (χ0v) is 17.1. The lowest BCUT2D eigenvalue weighted by Crippen LogP contribution is -2.27. The van der Waals surface area contributed by atoms with Gasteiger partial charge in [-0.05, 0) is 76.8 Å². The van der Waals surface area contributed by atoms with Gasteiger partial charge in [-0.15, -0.1) is 0 Å². The van der Waals surface area contributed by atoms with Crippen LogP contribution in [0.15, 0.2) is 47.4 Å². The molecule has 1 amide bonds. The van der Waals surface area contributed by atoms with Crippen molar-refractivity contribution in [1.82, 2.24) is 9.62 Å². The molecule has 0 atom stereocenters. The maximum atomic E-state index is 12.4. The molecule has 0 fully saturated rings. The summed E-state index contributed by atoms with van der Waals surface area (Å²) < 4.78 is 27.2. The Morgan fingerprint density at radius 2 is 1.70 bits per heavy atom. The standard InChI is InChI=1S/C20H27N3O3S/c1-15-6-11-19(16(2)14-15)22-20(24)17-7-9-18(10-8-17)27(25,26)21-12-5-13-23(3)4/h6-11,14,21H,5,12-13H2,1-4H3,(H,22,24). The monoisotopic (exact) mass is 389 g/mol. The predicted octanol–water partition coefficient (Wildman–Crippen LogP) is 2.79. The minimum Gasteiger partial charge on any atom is -0.322 e. The first-order chi connectivity index (χ1) is 12.7. The summed E-state index contributed by atoms with van der Waals surface area (Å²) in [5, 5.41) is 2.86. The molecule has 2 aromatic rings. The Bertz CT molecular complexity index is 891. The van der Waals surface area contributed by atoms with Gasteiger partial charge in [0.05, 0.1) is 4.90 Å². The van der Waals surface area contributed by atoms with Gasteiger partial charge in [-0.1, -0.05) is 17.7 Å². The van der Waals surface area contributed by atoms with Gasteiger partial charge < -0.3 is 10.2 Å².